The van der Waals surface area contributed by atoms with E-state index in [9.17, 15) is 0 Å². The van der Waals surface area contributed by atoms with Gasteiger partial charge in [-0.1, -0.05) is 38.1 Å². The molecule has 0 aromatic heterocycles. The van der Waals surface area contributed by atoms with Crippen LogP contribution in [0.5, 0.6) is 0 Å². The second-order valence-corrected chi connectivity index (χ2v) is 5.53. The highest BCUT2D eigenvalue weighted by Gasteiger charge is 2.05. The Morgan fingerprint density at radius 1 is 1.25 bits per heavy atom. The van der Waals surface area contributed by atoms with E-state index in [1.807, 2.05) is 0 Å². The molecule has 0 aliphatic carbocycles. The van der Waals surface area contributed by atoms with Gasteiger partial charge in [-0.25, -0.2) is 0 Å². The average Bonchev–Trinajstić information content (AvgIpc) is 2.46. The van der Waals surface area contributed by atoms with Crippen LogP contribution in [0.25, 0.3) is 0 Å². The van der Waals surface area contributed by atoms with E-state index in [0.29, 0.717) is 5.92 Å². The summed E-state index contributed by atoms with van der Waals surface area (Å²) in [7, 11) is 3.92. The minimum absolute atomic E-state index is 0.573. The van der Waals surface area contributed by atoms with Crippen LogP contribution in [0.4, 0.5) is 0 Å². The third-order valence-corrected chi connectivity index (χ3v) is 3.59. The summed E-state index contributed by atoms with van der Waals surface area (Å²) in [6, 6.07) is 9.04. The first-order chi connectivity index (χ1) is 9.67. The third-order valence-electron chi connectivity index (χ3n) is 3.59. The molecule has 3 heteroatoms. The Morgan fingerprint density at radius 2 is 1.95 bits per heavy atom. The first-order valence-corrected chi connectivity index (χ1v) is 7.64. The Balaban J connectivity index is 2.41. The summed E-state index contributed by atoms with van der Waals surface area (Å²) >= 11 is 0. The van der Waals surface area contributed by atoms with Crippen molar-refractivity contribution in [3.63, 3.8) is 0 Å². The van der Waals surface area contributed by atoms with Crippen molar-refractivity contribution in [2.75, 3.05) is 40.4 Å². The maximum absolute atomic E-state index is 5.08. The molecule has 1 unspecified atom stereocenters. The topological polar surface area (TPSA) is 24.5 Å². The summed E-state index contributed by atoms with van der Waals surface area (Å²) in [4.78, 5) is 2.34. The summed E-state index contributed by atoms with van der Waals surface area (Å²) in [6.07, 6.45) is 1.09. The Kier molecular flexibility index (Phi) is 8.51. The molecule has 1 aromatic rings. The van der Waals surface area contributed by atoms with Gasteiger partial charge in [0.15, 0.2) is 0 Å². The predicted octanol–water partition coefficient (Wildman–Crippen LogP) is 2.87. The lowest BCUT2D eigenvalue weighted by Gasteiger charge is -2.17. The molecule has 0 aliphatic rings. The number of likely N-dealkylation sites (N-methyl/N-ethyl adjacent to an activating group) is 1. The molecule has 1 atom stereocenters. The number of nitrogens with zero attached hydrogens (tertiary/aromatic N) is 1. The summed E-state index contributed by atoms with van der Waals surface area (Å²) in [5.74, 6) is 0.573. The highest BCUT2D eigenvalue weighted by molar-refractivity contribution is 5.25. The summed E-state index contributed by atoms with van der Waals surface area (Å²) in [5.41, 5.74) is 2.79. The fourth-order valence-corrected chi connectivity index (χ4v) is 2.30. The standard InChI is InChI=1S/C17H30N2O/c1-5-18-13-15(2)17-9-7-16(8-10-17)14-19(3)11-6-12-20-4/h7-10,15,18H,5-6,11-14H2,1-4H3. The molecule has 0 spiro atoms. The van der Waals surface area contributed by atoms with Gasteiger partial charge in [0.05, 0.1) is 0 Å². The van der Waals surface area contributed by atoms with Crippen LogP contribution in [0.1, 0.15) is 37.3 Å². The Labute approximate surface area is 124 Å². The van der Waals surface area contributed by atoms with Crippen LogP contribution in [-0.4, -0.2) is 45.3 Å². The van der Waals surface area contributed by atoms with Crippen LogP contribution in [-0.2, 0) is 11.3 Å². The van der Waals surface area contributed by atoms with E-state index < -0.39 is 0 Å². The first kappa shape index (κ1) is 17.2. The number of methoxy groups -OCH3 is 1. The van der Waals surface area contributed by atoms with E-state index in [4.69, 9.17) is 4.74 Å². The lowest BCUT2D eigenvalue weighted by atomic mass is 9.99. The Bertz CT molecular complexity index is 351. The molecule has 0 amide bonds. The summed E-state index contributed by atoms with van der Waals surface area (Å²) in [6.45, 7) is 9.43. The van der Waals surface area contributed by atoms with Crippen molar-refractivity contribution >= 4 is 0 Å². The molecule has 0 saturated heterocycles. The van der Waals surface area contributed by atoms with Gasteiger partial charge >= 0.3 is 0 Å². The van der Waals surface area contributed by atoms with E-state index in [2.05, 4.69) is 55.4 Å². The van der Waals surface area contributed by atoms with Crippen LogP contribution in [0, 0.1) is 0 Å². The van der Waals surface area contributed by atoms with Gasteiger partial charge in [0.25, 0.3) is 0 Å². The summed E-state index contributed by atoms with van der Waals surface area (Å²) < 4.78 is 5.08. The highest BCUT2D eigenvalue weighted by Crippen LogP contribution is 2.15. The number of benzene rings is 1. The van der Waals surface area contributed by atoms with E-state index >= 15 is 0 Å². The lowest BCUT2D eigenvalue weighted by molar-refractivity contribution is 0.178. The summed E-state index contributed by atoms with van der Waals surface area (Å²) in [5, 5.41) is 3.40. The van der Waals surface area contributed by atoms with Crippen molar-refractivity contribution in [3.8, 4) is 0 Å². The number of ether oxygens (including phenoxy) is 1. The number of hydrogen-bond donors (Lipinski definition) is 1. The molecule has 0 saturated carbocycles. The number of hydrogen-bond acceptors (Lipinski definition) is 3. The molecule has 0 radical (unpaired) electrons. The van der Waals surface area contributed by atoms with E-state index in [0.717, 1.165) is 39.2 Å². The lowest BCUT2D eigenvalue weighted by Crippen LogP contribution is -2.20. The molecular formula is C17H30N2O. The van der Waals surface area contributed by atoms with Crippen LogP contribution < -0.4 is 5.32 Å². The molecule has 0 fully saturated rings. The van der Waals surface area contributed by atoms with Crippen molar-refractivity contribution in [1.82, 2.24) is 10.2 Å². The highest BCUT2D eigenvalue weighted by atomic mass is 16.5. The number of nitrogens with one attached hydrogen (secondary N) is 1. The first-order valence-electron chi connectivity index (χ1n) is 7.64. The average molecular weight is 278 g/mol. The van der Waals surface area contributed by atoms with Gasteiger partial charge in [-0.3, -0.25) is 0 Å². The van der Waals surface area contributed by atoms with Gasteiger partial charge in [-0.2, -0.15) is 0 Å². The molecule has 0 bridgehead atoms. The zero-order valence-corrected chi connectivity index (χ0v) is 13.5. The fourth-order valence-electron chi connectivity index (χ4n) is 2.30. The van der Waals surface area contributed by atoms with Crippen molar-refractivity contribution in [3.05, 3.63) is 35.4 Å². The van der Waals surface area contributed by atoms with Crippen LogP contribution in [0.2, 0.25) is 0 Å². The van der Waals surface area contributed by atoms with Gasteiger partial charge < -0.3 is 15.0 Å². The molecule has 3 nitrogen and oxygen atoms in total. The fraction of sp³-hybridized carbons (Fsp3) is 0.647. The second-order valence-electron chi connectivity index (χ2n) is 5.53. The SMILES string of the molecule is CCNCC(C)c1ccc(CN(C)CCCOC)cc1. The van der Waals surface area contributed by atoms with Gasteiger partial charge in [0, 0.05) is 33.4 Å². The van der Waals surface area contributed by atoms with E-state index in [1.54, 1.807) is 7.11 Å². The van der Waals surface area contributed by atoms with Crippen molar-refractivity contribution in [2.24, 2.45) is 0 Å². The molecule has 0 aliphatic heterocycles. The minimum Gasteiger partial charge on any atom is -0.385 e. The second kappa shape index (κ2) is 9.92. The smallest absolute Gasteiger partial charge is 0.0474 e. The molecule has 0 heterocycles. The van der Waals surface area contributed by atoms with Gasteiger partial charge in [-0.05, 0) is 37.1 Å². The monoisotopic (exact) mass is 278 g/mol. The third kappa shape index (κ3) is 6.51. The normalized spacial score (nSPS) is 12.8. The quantitative estimate of drug-likeness (QED) is 0.666. The Hall–Kier alpha value is -0.900. The van der Waals surface area contributed by atoms with Crippen LogP contribution in [0.15, 0.2) is 24.3 Å². The Morgan fingerprint density at radius 3 is 2.55 bits per heavy atom. The van der Waals surface area contributed by atoms with Gasteiger partial charge in [0.1, 0.15) is 0 Å². The van der Waals surface area contributed by atoms with Crippen molar-refractivity contribution in [1.29, 1.82) is 0 Å². The maximum atomic E-state index is 5.08. The van der Waals surface area contributed by atoms with Crippen LogP contribution in [0.3, 0.4) is 0 Å². The van der Waals surface area contributed by atoms with Crippen molar-refractivity contribution in [2.45, 2.75) is 32.7 Å². The zero-order chi connectivity index (χ0) is 14.8. The minimum atomic E-state index is 0.573. The van der Waals surface area contributed by atoms with Crippen LogP contribution >= 0.6 is 0 Å². The van der Waals surface area contributed by atoms with Crippen molar-refractivity contribution < 1.29 is 4.74 Å². The van der Waals surface area contributed by atoms with Gasteiger partial charge in [-0.15, -0.1) is 0 Å². The number of rotatable bonds is 10. The maximum Gasteiger partial charge on any atom is 0.0474 e. The largest absolute Gasteiger partial charge is 0.385 e. The van der Waals surface area contributed by atoms with E-state index in [-0.39, 0.29) is 0 Å². The zero-order valence-electron chi connectivity index (χ0n) is 13.5. The van der Waals surface area contributed by atoms with Gasteiger partial charge in [0.2, 0.25) is 0 Å². The molecule has 1 aromatic carbocycles. The molecule has 1 rings (SSSR count). The molecule has 114 valence electrons. The molecule has 20 heavy (non-hydrogen) atoms. The molecular weight excluding hydrogens is 248 g/mol. The molecule has 1 N–H and O–H groups in total. The van der Waals surface area contributed by atoms with E-state index in [1.165, 1.54) is 11.1 Å². The predicted molar refractivity (Wildman–Crippen MR) is 86.2 cm³/mol.